The van der Waals surface area contributed by atoms with Crippen LogP contribution in [0.5, 0.6) is 0 Å². The monoisotopic (exact) mass is 279 g/mol. The third kappa shape index (κ3) is 4.62. The zero-order valence-corrected chi connectivity index (χ0v) is 13.4. The van der Waals surface area contributed by atoms with Crippen molar-refractivity contribution in [1.82, 2.24) is 15.1 Å². The maximum Gasteiger partial charge on any atom is 0.118 e. The highest BCUT2D eigenvalue weighted by Gasteiger charge is 2.21. The van der Waals surface area contributed by atoms with Crippen molar-refractivity contribution < 1.29 is 4.42 Å². The summed E-state index contributed by atoms with van der Waals surface area (Å²) in [6, 6.07) is 5.34. The van der Waals surface area contributed by atoms with Crippen LogP contribution < -0.4 is 5.32 Å². The molecule has 4 heteroatoms. The Hall–Kier alpha value is -0.840. The van der Waals surface area contributed by atoms with E-state index < -0.39 is 0 Å². The molecular weight excluding hydrogens is 250 g/mol. The predicted octanol–water partition coefficient (Wildman–Crippen LogP) is 2.30. The highest BCUT2D eigenvalue weighted by molar-refractivity contribution is 5.07. The molecule has 1 aliphatic heterocycles. The Morgan fingerprint density at radius 1 is 1.40 bits per heavy atom. The van der Waals surface area contributed by atoms with E-state index in [0.29, 0.717) is 12.1 Å². The lowest BCUT2D eigenvalue weighted by Crippen LogP contribution is -2.44. The molecule has 1 unspecified atom stereocenters. The maximum absolute atomic E-state index is 5.90. The molecule has 0 radical (unpaired) electrons. The van der Waals surface area contributed by atoms with Crippen molar-refractivity contribution in [2.75, 3.05) is 27.2 Å². The topological polar surface area (TPSA) is 31.6 Å². The first-order valence-corrected chi connectivity index (χ1v) is 7.74. The van der Waals surface area contributed by atoms with Gasteiger partial charge in [0, 0.05) is 18.6 Å². The van der Waals surface area contributed by atoms with Crippen LogP contribution >= 0.6 is 0 Å². The van der Waals surface area contributed by atoms with Gasteiger partial charge in [-0.25, -0.2) is 0 Å². The second kappa shape index (κ2) is 7.25. The zero-order chi connectivity index (χ0) is 14.5. The van der Waals surface area contributed by atoms with Gasteiger partial charge in [-0.3, -0.25) is 4.90 Å². The van der Waals surface area contributed by atoms with Crippen molar-refractivity contribution in [3.05, 3.63) is 23.7 Å². The molecule has 0 bridgehead atoms. The molecule has 0 aliphatic carbocycles. The average Bonchev–Trinajstić information content (AvgIpc) is 2.84. The van der Waals surface area contributed by atoms with Crippen LogP contribution in [0.15, 0.2) is 16.5 Å². The van der Waals surface area contributed by atoms with E-state index in [1.54, 1.807) is 0 Å². The van der Waals surface area contributed by atoms with Gasteiger partial charge in [0.1, 0.15) is 11.5 Å². The molecule has 2 heterocycles. The van der Waals surface area contributed by atoms with E-state index in [9.17, 15) is 0 Å². The van der Waals surface area contributed by atoms with Gasteiger partial charge < -0.3 is 14.6 Å². The molecule has 20 heavy (non-hydrogen) atoms. The number of likely N-dealkylation sites (N-methyl/N-ethyl adjacent to an activating group) is 2. The van der Waals surface area contributed by atoms with E-state index in [-0.39, 0.29) is 0 Å². The minimum Gasteiger partial charge on any atom is -0.463 e. The van der Waals surface area contributed by atoms with E-state index in [4.69, 9.17) is 4.42 Å². The first kappa shape index (κ1) is 15.5. The van der Waals surface area contributed by atoms with E-state index in [2.05, 4.69) is 55.2 Å². The molecule has 1 aromatic rings. The van der Waals surface area contributed by atoms with Crippen molar-refractivity contribution >= 4 is 0 Å². The molecule has 1 aliphatic rings. The van der Waals surface area contributed by atoms with Gasteiger partial charge in [-0.05, 0) is 45.6 Å². The van der Waals surface area contributed by atoms with Crippen LogP contribution in [0.2, 0.25) is 0 Å². The largest absolute Gasteiger partial charge is 0.463 e. The van der Waals surface area contributed by atoms with Gasteiger partial charge in [0.05, 0.1) is 13.1 Å². The summed E-state index contributed by atoms with van der Waals surface area (Å²) in [5.74, 6) is 2.10. The Bertz CT molecular complexity index is 402. The Balaban J connectivity index is 1.83. The molecule has 4 nitrogen and oxygen atoms in total. The number of nitrogens with one attached hydrogen (secondary N) is 1. The van der Waals surface area contributed by atoms with E-state index in [0.717, 1.165) is 24.6 Å². The number of furan rings is 1. The molecule has 1 fully saturated rings. The number of rotatable bonds is 6. The fourth-order valence-electron chi connectivity index (χ4n) is 2.78. The first-order chi connectivity index (χ1) is 9.54. The molecule has 0 saturated carbocycles. The molecule has 0 amide bonds. The average molecular weight is 279 g/mol. The fourth-order valence-corrected chi connectivity index (χ4v) is 2.78. The third-order valence-corrected chi connectivity index (χ3v) is 4.03. The number of piperidine rings is 1. The van der Waals surface area contributed by atoms with Gasteiger partial charge in [-0.15, -0.1) is 0 Å². The van der Waals surface area contributed by atoms with Crippen LogP contribution in [-0.2, 0) is 13.1 Å². The molecule has 1 N–H and O–H groups in total. The summed E-state index contributed by atoms with van der Waals surface area (Å²) >= 11 is 0. The normalized spacial score (nSPS) is 21.0. The minimum absolute atomic E-state index is 0.490. The Morgan fingerprint density at radius 2 is 2.15 bits per heavy atom. The van der Waals surface area contributed by atoms with Crippen molar-refractivity contribution in [3.8, 4) is 0 Å². The van der Waals surface area contributed by atoms with Gasteiger partial charge in [0.15, 0.2) is 0 Å². The van der Waals surface area contributed by atoms with Gasteiger partial charge in [-0.1, -0.05) is 13.8 Å². The molecule has 1 atom stereocenters. The Kier molecular flexibility index (Phi) is 5.64. The summed E-state index contributed by atoms with van der Waals surface area (Å²) < 4.78 is 5.90. The fraction of sp³-hybridized carbons (Fsp3) is 0.750. The summed E-state index contributed by atoms with van der Waals surface area (Å²) in [7, 11) is 4.42. The Labute approximate surface area is 123 Å². The molecule has 2 rings (SSSR count). The molecule has 1 aromatic heterocycles. The third-order valence-electron chi connectivity index (χ3n) is 4.03. The van der Waals surface area contributed by atoms with E-state index in [1.807, 2.05) is 0 Å². The van der Waals surface area contributed by atoms with Crippen LogP contribution in [0.3, 0.4) is 0 Å². The molecule has 0 spiro atoms. The lowest BCUT2D eigenvalue weighted by atomic mass is 10.1. The minimum atomic E-state index is 0.490. The van der Waals surface area contributed by atoms with Gasteiger partial charge >= 0.3 is 0 Å². The molecule has 114 valence electrons. The van der Waals surface area contributed by atoms with Crippen molar-refractivity contribution in [1.29, 1.82) is 0 Å². The van der Waals surface area contributed by atoms with Crippen LogP contribution in [0.4, 0.5) is 0 Å². The van der Waals surface area contributed by atoms with Gasteiger partial charge in [-0.2, -0.15) is 0 Å². The van der Waals surface area contributed by atoms with Gasteiger partial charge in [0.2, 0.25) is 0 Å². The predicted molar refractivity (Wildman–Crippen MR) is 82.7 cm³/mol. The number of nitrogens with zero attached hydrogens (tertiary/aromatic N) is 2. The molecule has 0 aromatic carbocycles. The number of likely N-dealkylation sites (tertiary alicyclic amines) is 1. The standard InChI is InChI=1S/C16H29N3O/c1-13(2)17-10-15-7-8-16(20-15)12-19(4)14-6-5-9-18(3)11-14/h7-8,13-14,17H,5-6,9-12H2,1-4H3. The highest BCUT2D eigenvalue weighted by Crippen LogP contribution is 2.17. The summed E-state index contributed by atoms with van der Waals surface area (Å²) in [6.45, 7) is 8.41. The quantitative estimate of drug-likeness (QED) is 0.866. The maximum atomic E-state index is 5.90. The second-order valence-corrected chi connectivity index (χ2v) is 6.38. The summed E-state index contributed by atoms with van der Waals surface area (Å²) in [5, 5.41) is 3.38. The van der Waals surface area contributed by atoms with Crippen LogP contribution in [0.1, 0.15) is 38.2 Å². The number of hydrogen-bond acceptors (Lipinski definition) is 4. The summed E-state index contributed by atoms with van der Waals surface area (Å²) in [4.78, 5) is 4.85. The lowest BCUT2D eigenvalue weighted by molar-refractivity contribution is 0.123. The van der Waals surface area contributed by atoms with Crippen molar-refractivity contribution in [3.63, 3.8) is 0 Å². The molecule has 1 saturated heterocycles. The summed E-state index contributed by atoms with van der Waals surface area (Å²) in [5.41, 5.74) is 0. The van der Waals surface area contributed by atoms with E-state index in [1.165, 1.54) is 25.9 Å². The number of hydrogen-bond donors (Lipinski definition) is 1. The zero-order valence-electron chi connectivity index (χ0n) is 13.4. The lowest BCUT2D eigenvalue weighted by Gasteiger charge is -2.35. The SMILES string of the molecule is CC(C)NCc1ccc(CN(C)C2CCCN(C)C2)o1. The Morgan fingerprint density at radius 3 is 2.85 bits per heavy atom. The highest BCUT2D eigenvalue weighted by atomic mass is 16.3. The second-order valence-electron chi connectivity index (χ2n) is 6.38. The van der Waals surface area contributed by atoms with Crippen LogP contribution in [0, 0.1) is 0 Å². The van der Waals surface area contributed by atoms with Crippen molar-refractivity contribution in [2.24, 2.45) is 0 Å². The van der Waals surface area contributed by atoms with Gasteiger partial charge in [0.25, 0.3) is 0 Å². The van der Waals surface area contributed by atoms with Crippen LogP contribution in [0.25, 0.3) is 0 Å². The smallest absolute Gasteiger partial charge is 0.118 e. The first-order valence-electron chi connectivity index (χ1n) is 7.74. The van der Waals surface area contributed by atoms with E-state index >= 15 is 0 Å². The molecular formula is C16H29N3O. The summed E-state index contributed by atoms with van der Waals surface area (Å²) in [6.07, 6.45) is 2.59. The van der Waals surface area contributed by atoms with Crippen LogP contribution in [-0.4, -0.2) is 49.1 Å². The van der Waals surface area contributed by atoms with Crippen molar-refractivity contribution in [2.45, 2.75) is 51.9 Å².